The van der Waals surface area contributed by atoms with Crippen LogP contribution >= 0.6 is 0 Å². The van der Waals surface area contributed by atoms with Crippen LogP contribution in [0.3, 0.4) is 0 Å². The average Bonchev–Trinajstić information content (AvgIpc) is 2.47. The number of methoxy groups -OCH3 is 1. The first-order chi connectivity index (χ1) is 9.63. The van der Waals surface area contributed by atoms with Crippen LogP contribution in [-0.2, 0) is 11.3 Å². The highest BCUT2D eigenvalue weighted by Gasteiger charge is 2.14. The van der Waals surface area contributed by atoms with Crippen molar-refractivity contribution in [2.24, 2.45) is 0 Å². The molecule has 0 fully saturated rings. The van der Waals surface area contributed by atoms with Crippen molar-refractivity contribution in [2.45, 2.75) is 6.54 Å². The Morgan fingerprint density at radius 3 is 2.50 bits per heavy atom. The molecule has 2 rings (SSSR count). The van der Waals surface area contributed by atoms with E-state index in [1.807, 2.05) is 12.1 Å². The highest BCUT2D eigenvalue weighted by Crippen LogP contribution is 2.20. The number of hydrogen-bond donors (Lipinski definition) is 0. The summed E-state index contributed by atoms with van der Waals surface area (Å²) >= 11 is 0. The highest BCUT2D eigenvalue weighted by atomic mass is 19.1. The number of esters is 1. The number of rotatable bonds is 4. The van der Waals surface area contributed by atoms with E-state index >= 15 is 0 Å². The molecule has 0 radical (unpaired) electrons. The Bertz CT molecular complexity index is 613. The zero-order valence-corrected chi connectivity index (χ0v) is 11.5. The van der Waals surface area contributed by atoms with Crippen LogP contribution < -0.4 is 4.90 Å². The van der Waals surface area contributed by atoms with E-state index in [0.717, 1.165) is 5.56 Å². The molecule has 0 spiro atoms. The molecular weight excluding hydrogens is 257 g/mol. The summed E-state index contributed by atoms with van der Waals surface area (Å²) < 4.78 is 18.5. The molecule has 4 heteroatoms. The first-order valence-corrected chi connectivity index (χ1v) is 6.25. The molecule has 2 aromatic rings. The second kappa shape index (κ2) is 6.19. The van der Waals surface area contributed by atoms with Crippen molar-refractivity contribution in [2.75, 3.05) is 19.1 Å². The Morgan fingerprint density at radius 1 is 1.15 bits per heavy atom. The molecule has 0 atom stereocenters. The molecule has 0 heterocycles. The zero-order chi connectivity index (χ0) is 14.5. The van der Waals surface area contributed by atoms with Gasteiger partial charge in [-0.2, -0.15) is 0 Å². The van der Waals surface area contributed by atoms with Gasteiger partial charge in [0.05, 0.1) is 18.4 Å². The number of benzene rings is 2. The lowest BCUT2D eigenvalue weighted by atomic mass is 10.1. The molecule has 104 valence electrons. The van der Waals surface area contributed by atoms with Crippen molar-refractivity contribution in [3.63, 3.8) is 0 Å². The fourth-order valence-electron chi connectivity index (χ4n) is 2.07. The Balaban J connectivity index is 2.26. The number of hydrogen-bond acceptors (Lipinski definition) is 3. The third kappa shape index (κ3) is 2.96. The van der Waals surface area contributed by atoms with Crippen molar-refractivity contribution >= 4 is 11.7 Å². The summed E-state index contributed by atoms with van der Waals surface area (Å²) in [6.07, 6.45) is 0. The van der Waals surface area contributed by atoms with E-state index in [1.165, 1.54) is 13.2 Å². The quantitative estimate of drug-likeness (QED) is 0.801. The van der Waals surface area contributed by atoms with E-state index < -0.39 is 0 Å². The van der Waals surface area contributed by atoms with Gasteiger partial charge in [-0.05, 0) is 23.8 Å². The van der Waals surface area contributed by atoms with Gasteiger partial charge >= 0.3 is 5.97 Å². The van der Waals surface area contributed by atoms with E-state index in [0.29, 0.717) is 17.8 Å². The van der Waals surface area contributed by atoms with Crippen LogP contribution in [-0.4, -0.2) is 20.1 Å². The smallest absolute Gasteiger partial charge is 0.338 e. The third-order valence-corrected chi connectivity index (χ3v) is 3.09. The van der Waals surface area contributed by atoms with Crippen LogP contribution in [0.5, 0.6) is 0 Å². The van der Waals surface area contributed by atoms with Crippen molar-refractivity contribution in [1.82, 2.24) is 0 Å². The molecule has 0 aromatic heterocycles. The first-order valence-electron chi connectivity index (χ1n) is 6.25. The third-order valence-electron chi connectivity index (χ3n) is 3.09. The van der Waals surface area contributed by atoms with E-state index in [9.17, 15) is 9.18 Å². The van der Waals surface area contributed by atoms with E-state index in [-0.39, 0.29) is 11.8 Å². The van der Waals surface area contributed by atoms with Gasteiger partial charge in [0, 0.05) is 13.6 Å². The molecular formula is C16H16FNO2. The molecule has 0 aliphatic carbocycles. The fourth-order valence-corrected chi connectivity index (χ4v) is 2.07. The number of halogens is 1. The number of carbonyl (C=O) groups excluding carboxylic acids is 1. The van der Waals surface area contributed by atoms with Crippen molar-refractivity contribution < 1.29 is 13.9 Å². The molecule has 2 aromatic carbocycles. The predicted octanol–water partition coefficient (Wildman–Crippen LogP) is 3.25. The van der Waals surface area contributed by atoms with Gasteiger partial charge in [-0.3, -0.25) is 0 Å². The van der Waals surface area contributed by atoms with Gasteiger partial charge in [-0.15, -0.1) is 0 Å². The standard InChI is InChI=1S/C16H16FNO2/c1-18(15-10-6-5-9-14(15)17)11-12-7-3-4-8-13(12)16(19)20-2/h3-10H,11H2,1-2H3. The Labute approximate surface area is 117 Å². The van der Waals surface area contributed by atoms with Gasteiger partial charge in [0.15, 0.2) is 0 Å². The van der Waals surface area contributed by atoms with Crippen LogP contribution in [0.2, 0.25) is 0 Å². The monoisotopic (exact) mass is 273 g/mol. The van der Waals surface area contributed by atoms with E-state index in [2.05, 4.69) is 0 Å². The summed E-state index contributed by atoms with van der Waals surface area (Å²) in [5.74, 6) is -0.673. The average molecular weight is 273 g/mol. The summed E-state index contributed by atoms with van der Waals surface area (Å²) in [5, 5.41) is 0. The largest absolute Gasteiger partial charge is 0.465 e. The molecule has 3 nitrogen and oxygen atoms in total. The van der Waals surface area contributed by atoms with Crippen LogP contribution in [0.1, 0.15) is 15.9 Å². The molecule has 0 amide bonds. The minimum Gasteiger partial charge on any atom is -0.465 e. The van der Waals surface area contributed by atoms with Crippen LogP contribution in [0, 0.1) is 5.82 Å². The van der Waals surface area contributed by atoms with Gasteiger partial charge < -0.3 is 9.64 Å². The maximum atomic E-state index is 13.7. The summed E-state index contributed by atoms with van der Waals surface area (Å²) in [6.45, 7) is 0.423. The predicted molar refractivity (Wildman–Crippen MR) is 76.3 cm³/mol. The molecule has 0 unspecified atom stereocenters. The maximum Gasteiger partial charge on any atom is 0.338 e. The summed E-state index contributed by atoms with van der Waals surface area (Å²) in [4.78, 5) is 13.5. The van der Waals surface area contributed by atoms with Crippen molar-refractivity contribution in [1.29, 1.82) is 0 Å². The number of nitrogens with zero attached hydrogens (tertiary/aromatic N) is 1. The highest BCUT2D eigenvalue weighted by molar-refractivity contribution is 5.91. The van der Waals surface area contributed by atoms with Crippen molar-refractivity contribution in [3.8, 4) is 0 Å². The summed E-state index contributed by atoms with van der Waals surface area (Å²) in [7, 11) is 3.13. The topological polar surface area (TPSA) is 29.5 Å². The molecule has 0 bridgehead atoms. The van der Waals surface area contributed by atoms with Gasteiger partial charge in [-0.1, -0.05) is 30.3 Å². The molecule has 0 saturated heterocycles. The zero-order valence-electron chi connectivity index (χ0n) is 11.5. The number of para-hydroxylation sites is 1. The van der Waals surface area contributed by atoms with Gasteiger partial charge in [0.2, 0.25) is 0 Å². The van der Waals surface area contributed by atoms with Gasteiger partial charge in [-0.25, -0.2) is 9.18 Å². The van der Waals surface area contributed by atoms with E-state index in [4.69, 9.17) is 4.74 Å². The Hall–Kier alpha value is -2.36. The second-order valence-corrected chi connectivity index (χ2v) is 4.46. The van der Waals surface area contributed by atoms with E-state index in [1.54, 1.807) is 42.3 Å². The SMILES string of the molecule is COC(=O)c1ccccc1CN(C)c1ccccc1F. The minimum absolute atomic E-state index is 0.287. The van der Waals surface area contributed by atoms with Crippen LogP contribution in [0.15, 0.2) is 48.5 Å². The molecule has 0 N–H and O–H groups in total. The first kappa shape index (κ1) is 14.1. The summed E-state index contributed by atoms with van der Waals surface area (Å²) in [5.41, 5.74) is 1.79. The maximum absolute atomic E-state index is 13.7. The minimum atomic E-state index is -0.387. The lowest BCUT2D eigenvalue weighted by Crippen LogP contribution is -2.19. The Kier molecular flexibility index (Phi) is 4.35. The fraction of sp³-hybridized carbons (Fsp3) is 0.188. The molecule has 0 aliphatic heterocycles. The molecule has 20 heavy (non-hydrogen) atoms. The van der Waals surface area contributed by atoms with Gasteiger partial charge in [0.25, 0.3) is 0 Å². The number of carbonyl (C=O) groups is 1. The van der Waals surface area contributed by atoms with Gasteiger partial charge in [0.1, 0.15) is 5.82 Å². The normalized spacial score (nSPS) is 10.2. The van der Waals surface area contributed by atoms with Crippen LogP contribution in [0.25, 0.3) is 0 Å². The molecule has 0 aliphatic rings. The lowest BCUT2D eigenvalue weighted by Gasteiger charge is -2.21. The Morgan fingerprint density at radius 2 is 1.80 bits per heavy atom. The van der Waals surface area contributed by atoms with Crippen LogP contribution in [0.4, 0.5) is 10.1 Å². The summed E-state index contributed by atoms with van der Waals surface area (Å²) in [6, 6.07) is 13.7. The molecule has 0 saturated carbocycles. The number of anilines is 1. The lowest BCUT2D eigenvalue weighted by molar-refractivity contribution is 0.0599. The van der Waals surface area contributed by atoms with Crippen molar-refractivity contribution in [3.05, 3.63) is 65.5 Å². The number of ether oxygens (including phenoxy) is 1. The second-order valence-electron chi connectivity index (χ2n) is 4.46.